The van der Waals surface area contributed by atoms with Gasteiger partial charge in [0.25, 0.3) is 5.91 Å². The van der Waals surface area contributed by atoms with Crippen LogP contribution >= 0.6 is 0 Å². The number of carboxylic acid groups (broad SMARTS) is 1. The summed E-state index contributed by atoms with van der Waals surface area (Å²) >= 11 is 0. The topological polar surface area (TPSA) is 75.6 Å². The summed E-state index contributed by atoms with van der Waals surface area (Å²) in [6.07, 6.45) is 4.13. The molecule has 1 aromatic carbocycles. The summed E-state index contributed by atoms with van der Waals surface area (Å²) in [6, 6.07) is 3.35. The Morgan fingerprint density at radius 1 is 1.35 bits per heavy atom. The Morgan fingerprint density at radius 3 is 2.70 bits per heavy atom. The van der Waals surface area contributed by atoms with Crippen LogP contribution < -0.4 is 10.1 Å². The van der Waals surface area contributed by atoms with Gasteiger partial charge < -0.3 is 15.2 Å². The second-order valence-corrected chi connectivity index (χ2v) is 4.78. The fourth-order valence-electron chi connectivity index (χ4n) is 2.28. The molecule has 2 rings (SSSR count). The molecule has 0 saturated heterocycles. The van der Waals surface area contributed by atoms with Crippen LogP contribution in [0.4, 0.5) is 4.39 Å². The van der Waals surface area contributed by atoms with Crippen molar-refractivity contribution in [2.75, 3.05) is 6.61 Å². The smallest absolute Gasteiger partial charge is 0.339 e. The summed E-state index contributed by atoms with van der Waals surface area (Å²) < 4.78 is 18.1. The van der Waals surface area contributed by atoms with E-state index in [1.54, 1.807) is 0 Å². The van der Waals surface area contributed by atoms with Gasteiger partial charge >= 0.3 is 5.97 Å². The molecule has 1 aliphatic rings. The van der Waals surface area contributed by atoms with Gasteiger partial charge in [0, 0.05) is 6.04 Å². The van der Waals surface area contributed by atoms with Gasteiger partial charge in [0.15, 0.2) is 6.61 Å². The van der Waals surface area contributed by atoms with E-state index < -0.39 is 11.8 Å². The Morgan fingerprint density at radius 2 is 2.05 bits per heavy atom. The zero-order valence-electron chi connectivity index (χ0n) is 10.9. The predicted molar refractivity (Wildman–Crippen MR) is 69.3 cm³/mol. The molecule has 0 spiro atoms. The van der Waals surface area contributed by atoms with Crippen LogP contribution in [-0.4, -0.2) is 29.6 Å². The van der Waals surface area contributed by atoms with E-state index in [4.69, 9.17) is 9.84 Å². The molecule has 0 bridgehead atoms. The van der Waals surface area contributed by atoms with Gasteiger partial charge in [-0.15, -0.1) is 0 Å². The minimum absolute atomic E-state index is 0.0135. The van der Waals surface area contributed by atoms with Crippen LogP contribution in [0.25, 0.3) is 0 Å². The largest absolute Gasteiger partial charge is 0.483 e. The fraction of sp³-hybridized carbons (Fsp3) is 0.429. The highest BCUT2D eigenvalue weighted by molar-refractivity contribution is 5.91. The standard InChI is InChI=1S/C14H16FNO4/c15-9-5-6-12(11(7-9)14(18)19)20-8-13(17)16-10-3-1-2-4-10/h5-7,10H,1-4,8H2,(H,16,17)(H,18,19). The van der Waals surface area contributed by atoms with Gasteiger partial charge in [-0.05, 0) is 31.0 Å². The van der Waals surface area contributed by atoms with Gasteiger partial charge in [0.05, 0.1) is 0 Å². The molecule has 6 heteroatoms. The number of aromatic carboxylic acids is 1. The Bertz CT molecular complexity index is 512. The highest BCUT2D eigenvalue weighted by Gasteiger charge is 2.18. The van der Waals surface area contributed by atoms with E-state index >= 15 is 0 Å². The number of ether oxygens (including phenoxy) is 1. The van der Waals surface area contributed by atoms with E-state index in [9.17, 15) is 14.0 Å². The maximum absolute atomic E-state index is 13.0. The number of rotatable bonds is 5. The van der Waals surface area contributed by atoms with E-state index in [1.165, 1.54) is 6.07 Å². The number of hydrogen-bond acceptors (Lipinski definition) is 3. The highest BCUT2D eigenvalue weighted by atomic mass is 19.1. The number of carboxylic acids is 1. The summed E-state index contributed by atoms with van der Waals surface area (Å²) in [6.45, 7) is -0.275. The normalized spacial score (nSPS) is 15.1. The van der Waals surface area contributed by atoms with Crippen molar-refractivity contribution in [1.82, 2.24) is 5.32 Å². The Balaban J connectivity index is 1.93. The SMILES string of the molecule is O=C(COc1ccc(F)cc1C(=O)O)NC1CCCC1. The lowest BCUT2D eigenvalue weighted by Crippen LogP contribution is -2.36. The quantitative estimate of drug-likeness (QED) is 0.865. The monoisotopic (exact) mass is 281 g/mol. The molecule has 1 aliphatic carbocycles. The summed E-state index contributed by atoms with van der Waals surface area (Å²) in [5.41, 5.74) is -0.293. The molecule has 0 aromatic heterocycles. The van der Waals surface area contributed by atoms with Gasteiger partial charge in [-0.25, -0.2) is 9.18 Å². The lowest BCUT2D eigenvalue weighted by molar-refractivity contribution is -0.123. The van der Waals surface area contributed by atoms with Crippen molar-refractivity contribution in [3.8, 4) is 5.75 Å². The summed E-state index contributed by atoms with van der Waals surface area (Å²) in [7, 11) is 0. The van der Waals surface area contributed by atoms with Crippen LogP contribution in [0.5, 0.6) is 5.75 Å². The van der Waals surface area contributed by atoms with Crippen molar-refractivity contribution in [2.24, 2.45) is 0 Å². The van der Waals surface area contributed by atoms with Crippen molar-refractivity contribution < 1.29 is 23.8 Å². The fourth-order valence-corrected chi connectivity index (χ4v) is 2.28. The van der Waals surface area contributed by atoms with E-state index in [2.05, 4.69) is 5.32 Å². The zero-order valence-corrected chi connectivity index (χ0v) is 10.9. The molecule has 0 atom stereocenters. The third-order valence-electron chi connectivity index (χ3n) is 3.25. The number of nitrogens with one attached hydrogen (secondary N) is 1. The molecule has 1 aromatic rings. The maximum Gasteiger partial charge on any atom is 0.339 e. The molecule has 2 N–H and O–H groups in total. The molecule has 1 fully saturated rings. The third kappa shape index (κ3) is 3.69. The van der Waals surface area contributed by atoms with Crippen molar-refractivity contribution in [3.05, 3.63) is 29.6 Å². The molecular formula is C14H16FNO4. The first-order valence-electron chi connectivity index (χ1n) is 6.51. The predicted octanol–water partition coefficient (Wildman–Crippen LogP) is 1.96. The first-order chi connectivity index (χ1) is 9.56. The molecule has 0 radical (unpaired) electrons. The van der Waals surface area contributed by atoms with Crippen molar-refractivity contribution >= 4 is 11.9 Å². The zero-order chi connectivity index (χ0) is 14.5. The second-order valence-electron chi connectivity index (χ2n) is 4.78. The van der Waals surface area contributed by atoms with Crippen LogP contribution in [0, 0.1) is 5.82 Å². The molecule has 108 valence electrons. The number of carbonyl (C=O) groups excluding carboxylic acids is 1. The van der Waals surface area contributed by atoms with Crippen molar-refractivity contribution in [1.29, 1.82) is 0 Å². The number of halogens is 1. The third-order valence-corrected chi connectivity index (χ3v) is 3.25. The molecule has 0 heterocycles. The van der Waals surface area contributed by atoms with Crippen LogP contribution in [0.15, 0.2) is 18.2 Å². The van der Waals surface area contributed by atoms with Gasteiger partial charge in [0.1, 0.15) is 17.1 Å². The van der Waals surface area contributed by atoms with Crippen LogP contribution in [0.2, 0.25) is 0 Å². The van der Waals surface area contributed by atoms with E-state index in [0.717, 1.165) is 37.8 Å². The minimum atomic E-state index is -1.30. The van der Waals surface area contributed by atoms with Crippen LogP contribution in [0.1, 0.15) is 36.0 Å². The summed E-state index contributed by atoms with van der Waals surface area (Å²) in [4.78, 5) is 22.6. The van der Waals surface area contributed by atoms with E-state index in [1.807, 2.05) is 0 Å². The lowest BCUT2D eigenvalue weighted by atomic mass is 10.2. The average Bonchev–Trinajstić information content (AvgIpc) is 2.90. The van der Waals surface area contributed by atoms with Crippen molar-refractivity contribution in [3.63, 3.8) is 0 Å². The summed E-state index contributed by atoms with van der Waals surface area (Å²) in [5.74, 6) is -2.26. The van der Waals surface area contributed by atoms with Gasteiger partial charge in [-0.2, -0.15) is 0 Å². The highest BCUT2D eigenvalue weighted by Crippen LogP contribution is 2.20. The molecular weight excluding hydrogens is 265 g/mol. The Hall–Kier alpha value is -2.11. The van der Waals surface area contributed by atoms with E-state index in [-0.39, 0.29) is 29.9 Å². The molecule has 0 aliphatic heterocycles. The second kappa shape index (κ2) is 6.36. The van der Waals surface area contributed by atoms with Crippen LogP contribution in [0.3, 0.4) is 0 Å². The minimum Gasteiger partial charge on any atom is -0.483 e. The Labute approximate surface area is 115 Å². The maximum atomic E-state index is 13.0. The average molecular weight is 281 g/mol. The molecule has 5 nitrogen and oxygen atoms in total. The first kappa shape index (κ1) is 14.3. The number of hydrogen-bond donors (Lipinski definition) is 2. The lowest BCUT2D eigenvalue weighted by Gasteiger charge is -2.13. The van der Waals surface area contributed by atoms with Gasteiger partial charge in [-0.3, -0.25) is 4.79 Å². The Kier molecular flexibility index (Phi) is 4.55. The molecule has 1 amide bonds. The van der Waals surface area contributed by atoms with Crippen molar-refractivity contribution in [2.45, 2.75) is 31.7 Å². The van der Waals surface area contributed by atoms with Gasteiger partial charge in [-0.1, -0.05) is 12.8 Å². The number of carbonyl (C=O) groups is 2. The van der Waals surface area contributed by atoms with Crippen LogP contribution in [-0.2, 0) is 4.79 Å². The molecule has 1 saturated carbocycles. The van der Waals surface area contributed by atoms with Gasteiger partial charge in [0.2, 0.25) is 0 Å². The number of benzene rings is 1. The number of amides is 1. The first-order valence-corrected chi connectivity index (χ1v) is 6.51. The summed E-state index contributed by atoms with van der Waals surface area (Å²) in [5, 5.41) is 11.8. The molecule has 0 unspecified atom stereocenters. The molecule has 20 heavy (non-hydrogen) atoms. The van der Waals surface area contributed by atoms with E-state index in [0.29, 0.717) is 0 Å².